The van der Waals surface area contributed by atoms with E-state index in [0.717, 1.165) is 11.0 Å². The second-order valence-corrected chi connectivity index (χ2v) is 5.71. The number of rotatable bonds is 4. The Morgan fingerprint density at radius 3 is 2.70 bits per heavy atom. The molecule has 1 aliphatic heterocycles. The molecule has 0 saturated carbocycles. The van der Waals surface area contributed by atoms with Gasteiger partial charge in [-0.25, -0.2) is 4.79 Å². The predicted molar refractivity (Wildman–Crippen MR) is 89.8 cm³/mol. The van der Waals surface area contributed by atoms with Gasteiger partial charge in [-0.1, -0.05) is 12.1 Å². The Bertz CT molecular complexity index is 755. The molecular formula is C15H21ClN4O3. The van der Waals surface area contributed by atoms with E-state index in [-0.39, 0.29) is 36.5 Å². The molecule has 1 saturated heterocycles. The summed E-state index contributed by atoms with van der Waals surface area (Å²) in [7, 11) is 1.69. The summed E-state index contributed by atoms with van der Waals surface area (Å²) < 4.78 is 3.00. The SMILES string of the molecule is Cl.Cn1c(=O)n(CC(=O)NCC2CNCC2O)c2ccccc21. The van der Waals surface area contributed by atoms with Crippen LogP contribution in [0.3, 0.4) is 0 Å². The fraction of sp³-hybridized carbons (Fsp3) is 0.467. The number of aromatic nitrogens is 2. The Hall–Kier alpha value is -1.83. The number of nitrogens with zero attached hydrogens (tertiary/aromatic N) is 2. The lowest BCUT2D eigenvalue weighted by atomic mass is 10.1. The Labute approximate surface area is 139 Å². The third-order valence-corrected chi connectivity index (χ3v) is 4.22. The molecule has 2 atom stereocenters. The molecule has 2 unspecified atom stereocenters. The number of carbonyl (C=O) groups is 1. The summed E-state index contributed by atoms with van der Waals surface area (Å²) in [6.45, 7) is 1.64. The Kier molecular flexibility index (Phi) is 5.46. The molecule has 2 aromatic rings. The lowest BCUT2D eigenvalue weighted by Gasteiger charge is -2.14. The van der Waals surface area contributed by atoms with E-state index in [1.807, 2.05) is 24.3 Å². The Morgan fingerprint density at radius 1 is 1.35 bits per heavy atom. The van der Waals surface area contributed by atoms with Crippen molar-refractivity contribution < 1.29 is 9.90 Å². The van der Waals surface area contributed by atoms with Crippen LogP contribution in [0.4, 0.5) is 0 Å². The van der Waals surface area contributed by atoms with Gasteiger partial charge in [-0.05, 0) is 12.1 Å². The minimum Gasteiger partial charge on any atom is -0.391 e. The van der Waals surface area contributed by atoms with Crippen molar-refractivity contribution in [2.75, 3.05) is 19.6 Å². The number of aliphatic hydroxyl groups excluding tert-OH is 1. The lowest BCUT2D eigenvalue weighted by molar-refractivity contribution is -0.121. The maximum Gasteiger partial charge on any atom is 0.329 e. The standard InChI is InChI=1S/C15H20N4O3.ClH/c1-18-11-4-2-3-5-12(11)19(15(18)22)9-14(21)17-7-10-6-16-8-13(10)20;/h2-5,10,13,16,20H,6-9H2,1H3,(H,17,21);1H. The van der Waals surface area contributed by atoms with E-state index in [9.17, 15) is 14.7 Å². The van der Waals surface area contributed by atoms with Crippen molar-refractivity contribution in [3.05, 3.63) is 34.7 Å². The minimum atomic E-state index is -0.430. The van der Waals surface area contributed by atoms with Crippen LogP contribution in [0.2, 0.25) is 0 Å². The molecule has 0 spiro atoms. The minimum absolute atomic E-state index is 0. The van der Waals surface area contributed by atoms with Crippen molar-refractivity contribution in [1.29, 1.82) is 0 Å². The van der Waals surface area contributed by atoms with E-state index in [4.69, 9.17) is 0 Å². The second kappa shape index (κ2) is 7.16. The van der Waals surface area contributed by atoms with Gasteiger partial charge in [0.25, 0.3) is 0 Å². The van der Waals surface area contributed by atoms with E-state index >= 15 is 0 Å². The van der Waals surface area contributed by atoms with E-state index in [0.29, 0.717) is 19.6 Å². The first kappa shape index (κ1) is 17.5. The van der Waals surface area contributed by atoms with Gasteiger partial charge in [0.1, 0.15) is 6.54 Å². The van der Waals surface area contributed by atoms with E-state index < -0.39 is 6.10 Å². The third kappa shape index (κ3) is 3.41. The number of aryl methyl sites for hydroxylation is 1. The van der Waals surface area contributed by atoms with E-state index in [1.165, 1.54) is 9.13 Å². The molecule has 0 aliphatic carbocycles. The van der Waals surface area contributed by atoms with Crippen molar-refractivity contribution in [3.8, 4) is 0 Å². The highest BCUT2D eigenvalue weighted by Gasteiger charge is 2.25. The van der Waals surface area contributed by atoms with E-state index in [1.54, 1.807) is 7.05 Å². The van der Waals surface area contributed by atoms with Crippen LogP contribution in [0.5, 0.6) is 0 Å². The Balaban J connectivity index is 0.00000192. The van der Waals surface area contributed by atoms with Crippen LogP contribution in [0.1, 0.15) is 0 Å². The van der Waals surface area contributed by atoms with Crippen LogP contribution in [-0.2, 0) is 18.4 Å². The molecule has 23 heavy (non-hydrogen) atoms. The number of nitrogens with one attached hydrogen (secondary N) is 2. The summed E-state index contributed by atoms with van der Waals surface area (Å²) in [6, 6.07) is 7.39. The van der Waals surface area contributed by atoms with Gasteiger partial charge in [0.2, 0.25) is 5.91 Å². The summed E-state index contributed by atoms with van der Waals surface area (Å²) in [4.78, 5) is 24.3. The number of hydrogen-bond acceptors (Lipinski definition) is 4. The number of hydrogen-bond donors (Lipinski definition) is 3. The number of benzene rings is 1. The highest BCUT2D eigenvalue weighted by atomic mass is 35.5. The molecule has 8 heteroatoms. The average Bonchev–Trinajstić information content (AvgIpc) is 3.03. The molecule has 1 aliphatic rings. The summed E-state index contributed by atoms with van der Waals surface area (Å²) in [5, 5.41) is 15.6. The number of fused-ring (bicyclic) bond motifs is 1. The summed E-state index contributed by atoms with van der Waals surface area (Å²) in [5.74, 6) is -0.203. The zero-order valence-corrected chi connectivity index (χ0v) is 13.7. The van der Waals surface area contributed by atoms with Gasteiger partial charge >= 0.3 is 5.69 Å². The smallest absolute Gasteiger partial charge is 0.329 e. The van der Waals surface area contributed by atoms with Gasteiger partial charge in [0.05, 0.1) is 17.1 Å². The molecule has 3 rings (SSSR count). The highest BCUT2D eigenvalue weighted by Crippen LogP contribution is 2.11. The molecule has 126 valence electrons. The average molecular weight is 341 g/mol. The highest BCUT2D eigenvalue weighted by molar-refractivity contribution is 5.85. The lowest BCUT2D eigenvalue weighted by Crippen LogP contribution is -2.37. The van der Waals surface area contributed by atoms with Crippen molar-refractivity contribution in [1.82, 2.24) is 19.8 Å². The van der Waals surface area contributed by atoms with Crippen LogP contribution in [-0.4, -0.2) is 45.9 Å². The summed E-state index contributed by atoms with van der Waals surface area (Å²) >= 11 is 0. The second-order valence-electron chi connectivity index (χ2n) is 5.71. The van der Waals surface area contributed by atoms with Crippen LogP contribution >= 0.6 is 12.4 Å². The maximum absolute atomic E-state index is 12.2. The van der Waals surface area contributed by atoms with Gasteiger partial charge in [-0.2, -0.15) is 0 Å². The number of halogens is 1. The largest absolute Gasteiger partial charge is 0.391 e. The fourth-order valence-electron chi connectivity index (χ4n) is 2.89. The molecule has 7 nitrogen and oxygen atoms in total. The maximum atomic E-state index is 12.2. The number of imidazole rings is 1. The topological polar surface area (TPSA) is 88.3 Å². The first-order valence-electron chi connectivity index (χ1n) is 7.37. The van der Waals surface area contributed by atoms with Crippen molar-refractivity contribution in [3.63, 3.8) is 0 Å². The number of β-amino-alcohol motifs (C(OH)–C–C–N with tert-alkyl or cyclic N) is 1. The molecule has 0 bridgehead atoms. The van der Waals surface area contributed by atoms with Gasteiger partial charge in [-0.3, -0.25) is 13.9 Å². The molecule has 0 radical (unpaired) electrons. The third-order valence-electron chi connectivity index (χ3n) is 4.22. The zero-order chi connectivity index (χ0) is 15.7. The zero-order valence-electron chi connectivity index (χ0n) is 12.9. The monoisotopic (exact) mass is 340 g/mol. The van der Waals surface area contributed by atoms with Gasteiger partial charge in [-0.15, -0.1) is 12.4 Å². The molecule has 2 heterocycles. The number of carbonyl (C=O) groups excluding carboxylic acids is 1. The van der Waals surface area contributed by atoms with Gasteiger partial charge < -0.3 is 15.7 Å². The van der Waals surface area contributed by atoms with Crippen LogP contribution in [0, 0.1) is 5.92 Å². The van der Waals surface area contributed by atoms with Crippen LogP contribution < -0.4 is 16.3 Å². The normalized spacial score (nSPS) is 20.4. The van der Waals surface area contributed by atoms with Gasteiger partial charge in [0.15, 0.2) is 0 Å². The predicted octanol–water partition coefficient (Wildman–Crippen LogP) is -0.542. The summed E-state index contributed by atoms with van der Waals surface area (Å²) in [5.41, 5.74) is 1.34. The van der Waals surface area contributed by atoms with Crippen molar-refractivity contribution in [2.45, 2.75) is 12.6 Å². The first-order valence-corrected chi connectivity index (χ1v) is 7.37. The quantitative estimate of drug-likeness (QED) is 0.697. The molecule has 1 fully saturated rings. The van der Waals surface area contributed by atoms with Gasteiger partial charge in [0, 0.05) is 32.6 Å². The van der Waals surface area contributed by atoms with Crippen LogP contribution in [0.15, 0.2) is 29.1 Å². The van der Waals surface area contributed by atoms with Crippen molar-refractivity contribution in [2.24, 2.45) is 13.0 Å². The molecule has 1 aromatic carbocycles. The number of para-hydroxylation sites is 2. The number of amides is 1. The summed E-state index contributed by atoms with van der Waals surface area (Å²) in [6.07, 6.45) is -0.430. The fourth-order valence-corrected chi connectivity index (χ4v) is 2.89. The van der Waals surface area contributed by atoms with Crippen molar-refractivity contribution >= 4 is 29.3 Å². The molecule has 3 N–H and O–H groups in total. The molecular weight excluding hydrogens is 320 g/mol. The Morgan fingerprint density at radius 2 is 2.04 bits per heavy atom. The first-order chi connectivity index (χ1) is 10.6. The van der Waals surface area contributed by atoms with Crippen LogP contribution in [0.25, 0.3) is 11.0 Å². The molecule has 1 aromatic heterocycles. The van der Waals surface area contributed by atoms with E-state index in [2.05, 4.69) is 10.6 Å². The molecule has 1 amide bonds. The number of aliphatic hydroxyl groups is 1.